The molecule has 0 heteroatoms. The van der Waals surface area contributed by atoms with E-state index < -0.39 is 0 Å². The first-order chi connectivity index (χ1) is 50.5. The van der Waals surface area contributed by atoms with Crippen LogP contribution in [0.15, 0.2) is 0 Å². The van der Waals surface area contributed by atoms with Gasteiger partial charge in [0.05, 0.1) is 0 Å². The fourth-order valence-electron chi connectivity index (χ4n) is 18.8. The minimum absolute atomic E-state index is 0. The highest BCUT2D eigenvalue weighted by Gasteiger charge is 2.27. The van der Waals surface area contributed by atoms with Gasteiger partial charge in [0, 0.05) is 0 Å². The lowest BCUT2D eigenvalue weighted by atomic mass is 9.80. The lowest BCUT2D eigenvalue weighted by molar-refractivity contribution is 1.14. The quantitative estimate of drug-likeness (QED) is 0.161. The highest BCUT2D eigenvalue weighted by Crippen LogP contribution is 2.47. The Labute approximate surface area is 712 Å². The Kier molecular flexibility index (Phi) is 36.3. The van der Waals surface area contributed by atoms with Crippen LogP contribution in [0.5, 0.6) is 0 Å². The van der Waals surface area contributed by atoms with Crippen molar-refractivity contribution in [3.8, 4) is 55.6 Å². The molecule has 0 bridgehead atoms. The lowest BCUT2D eigenvalue weighted by Gasteiger charge is -2.25. The van der Waals surface area contributed by atoms with Crippen LogP contribution in [-0.4, -0.2) is 0 Å². The van der Waals surface area contributed by atoms with E-state index in [0.29, 0.717) is 0 Å². The predicted molar refractivity (Wildman–Crippen MR) is 530 cm³/mol. The van der Waals surface area contributed by atoms with Crippen molar-refractivity contribution in [1.29, 1.82) is 0 Å². The van der Waals surface area contributed by atoms with E-state index in [1.165, 1.54) is 334 Å². The maximum absolute atomic E-state index is 2.29. The van der Waals surface area contributed by atoms with Gasteiger partial charge in [-0.25, -0.2) is 0 Å². The first-order valence-electron chi connectivity index (χ1n) is 41.2. The molecule has 10 rings (SSSR count). The molecule has 0 fully saturated rings. The molecule has 0 nitrogen and oxygen atoms in total. The zero-order chi connectivity index (χ0) is 84.6. The Morgan fingerprint density at radius 1 is 0.0522 bits per heavy atom. The average Bonchev–Trinajstić information content (AvgIpc) is 0.774. The van der Waals surface area contributed by atoms with Crippen LogP contribution >= 0.6 is 0 Å². The Morgan fingerprint density at radius 3 is 0.113 bits per heavy atom. The van der Waals surface area contributed by atoms with Gasteiger partial charge < -0.3 is 0 Å². The molecule has 0 saturated carbocycles. The Bertz CT molecular complexity index is 4020. The minimum atomic E-state index is 0. The van der Waals surface area contributed by atoms with Crippen molar-refractivity contribution in [2.75, 3.05) is 0 Å². The van der Waals surface area contributed by atoms with Gasteiger partial charge in [-0.1, -0.05) is 37.1 Å². The number of rotatable bonds is 5. The molecule has 0 aliphatic carbocycles. The van der Waals surface area contributed by atoms with E-state index in [1.807, 2.05) is 0 Å². The second-order valence-electron chi connectivity index (χ2n) is 35.0. The van der Waals surface area contributed by atoms with Gasteiger partial charge in [0.1, 0.15) is 0 Å². The molecule has 0 amide bonds. The highest BCUT2D eigenvalue weighted by atomic mass is 14.3. The maximum atomic E-state index is 2.29. The molecule has 10 aromatic rings. The van der Waals surface area contributed by atoms with Gasteiger partial charge in [-0.3, -0.25) is 0 Å². The molecule has 0 spiro atoms. The molecular formula is C115H170. The molecule has 0 aromatic heterocycles. The van der Waals surface area contributed by atoms with Gasteiger partial charge in [-0.15, -0.1) is 0 Å². The van der Waals surface area contributed by atoms with Crippen molar-refractivity contribution in [3.63, 3.8) is 0 Å². The summed E-state index contributed by atoms with van der Waals surface area (Å²) in [7, 11) is 0. The topological polar surface area (TPSA) is 0 Å². The van der Waals surface area contributed by atoms with Gasteiger partial charge in [-0.2, -0.15) is 0 Å². The van der Waals surface area contributed by atoms with E-state index in [-0.39, 0.29) is 37.1 Å². The molecule has 115 heavy (non-hydrogen) atoms. The third-order valence-electron chi connectivity index (χ3n) is 31.2. The maximum Gasteiger partial charge on any atom is -0.0114 e. The van der Waals surface area contributed by atoms with Gasteiger partial charge in [0.15, 0.2) is 0 Å². The van der Waals surface area contributed by atoms with Crippen LogP contribution in [0.3, 0.4) is 0 Å². The smallest absolute Gasteiger partial charge is 0.0114 e. The lowest BCUT2D eigenvalue weighted by Crippen LogP contribution is -2.05. The summed E-state index contributed by atoms with van der Waals surface area (Å²) in [5.41, 5.74) is 86.5. The van der Waals surface area contributed by atoms with Crippen LogP contribution in [0, 0.1) is 346 Å². The predicted octanol–water partition coefficient (Wildman–Crippen LogP) is 35.4. The van der Waals surface area contributed by atoms with E-state index in [1.54, 1.807) is 0 Å². The molecule has 0 aliphatic heterocycles. The summed E-state index contributed by atoms with van der Waals surface area (Å²) >= 11 is 0. The molecule has 0 heterocycles. The van der Waals surface area contributed by atoms with Gasteiger partial charge in [-0.05, 0) is 680 Å². The third kappa shape index (κ3) is 18.1. The zero-order valence-electron chi connectivity index (χ0n) is 80.0. The second kappa shape index (κ2) is 39.6. The molecule has 0 unspecified atom stereocenters. The Hall–Kier alpha value is -7.80. The molecule has 0 atom stereocenters. The first-order valence-corrected chi connectivity index (χ1v) is 41.2. The third-order valence-corrected chi connectivity index (χ3v) is 31.2. The van der Waals surface area contributed by atoms with Crippen LogP contribution in [0.4, 0.5) is 0 Å². The summed E-state index contributed by atoms with van der Waals surface area (Å²) in [5, 5.41) is 0. The van der Waals surface area contributed by atoms with E-state index >= 15 is 0 Å². The van der Waals surface area contributed by atoms with E-state index in [9.17, 15) is 0 Å². The second-order valence-corrected chi connectivity index (χ2v) is 35.0. The van der Waals surface area contributed by atoms with Crippen molar-refractivity contribution < 1.29 is 0 Å². The molecule has 0 N–H and O–H groups in total. The van der Waals surface area contributed by atoms with Crippen LogP contribution in [-0.2, 0) is 0 Å². The van der Waals surface area contributed by atoms with Crippen LogP contribution in [0.1, 0.15) is 315 Å². The molecular weight excluding hydrogens is 1380 g/mol. The van der Waals surface area contributed by atoms with Gasteiger partial charge in [0.25, 0.3) is 0 Å². The van der Waals surface area contributed by atoms with Crippen molar-refractivity contribution >= 4 is 0 Å². The zero-order valence-corrected chi connectivity index (χ0v) is 80.0. The summed E-state index contributed by atoms with van der Waals surface area (Å²) < 4.78 is 0. The van der Waals surface area contributed by atoms with Crippen LogP contribution in [0.25, 0.3) is 55.6 Å². The largest absolute Gasteiger partial charge is 0.0776 e. The number of hydrogen-bond acceptors (Lipinski definition) is 0. The normalized spacial score (nSPS) is 10.7. The molecule has 0 saturated heterocycles. The number of benzene rings is 10. The SMILES string of the molecule is C.C.C.C.C.Cc1c(C)c(C)c(-c2c(C)c(C)c(C)c(C)c2C)c(C)c1C.Cc1c(C)c(C)c(-c2c(C)c(C)c(C)c(C)c2C)c(C)c1C.Cc1c(C)c(C)c(-c2c(C)c(C)c(C)c(C)c2C)c(C)c1C.Cc1c(C)c(C)c(-c2c(C)c(C)c(C)c(C)c2C)c(C)c1C.Cc1c(C)c(C)c(-c2c(C)c(C)c(C)c(C)c2C)c(C)c1C. The average molecular weight is 1550 g/mol. The summed E-state index contributed by atoms with van der Waals surface area (Å²) in [4.78, 5) is 0. The minimum Gasteiger partial charge on any atom is -0.0776 e. The Balaban J connectivity index is 0.000000711. The fraction of sp³-hybridized carbons (Fsp3) is 0.478. The van der Waals surface area contributed by atoms with E-state index in [4.69, 9.17) is 0 Å². The summed E-state index contributed by atoms with van der Waals surface area (Å²) in [6.07, 6.45) is 0. The number of hydrogen-bond donors (Lipinski definition) is 0. The highest BCUT2D eigenvalue weighted by molar-refractivity contribution is 5.87. The molecule has 0 radical (unpaired) electrons. The van der Waals surface area contributed by atoms with Crippen LogP contribution < -0.4 is 0 Å². The summed E-state index contributed by atoms with van der Waals surface area (Å²) in [6, 6.07) is 0. The van der Waals surface area contributed by atoms with Gasteiger partial charge >= 0.3 is 0 Å². The van der Waals surface area contributed by atoms with E-state index in [0.717, 1.165) is 0 Å². The molecule has 0 aliphatic rings. The summed E-state index contributed by atoms with van der Waals surface area (Å²) in [5.74, 6) is 0. The van der Waals surface area contributed by atoms with Gasteiger partial charge in [0.2, 0.25) is 0 Å². The first kappa shape index (κ1) is 105. The summed E-state index contributed by atoms with van der Waals surface area (Å²) in [6.45, 7) is 113. The van der Waals surface area contributed by atoms with Crippen molar-refractivity contribution in [2.45, 2.75) is 383 Å². The van der Waals surface area contributed by atoms with E-state index in [2.05, 4.69) is 346 Å². The molecule has 630 valence electrons. The monoisotopic (exact) mass is 1550 g/mol. The fourth-order valence-corrected chi connectivity index (χ4v) is 18.8. The van der Waals surface area contributed by atoms with Crippen LogP contribution in [0.2, 0.25) is 0 Å². The molecule has 10 aromatic carbocycles. The van der Waals surface area contributed by atoms with Crippen molar-refractivity contribution in [2.24, 2.45) is 0 Å². The Morgan fingerprint density at radius 2 is 0.0783 bits per heavy atom. The van der Waals surface area contributed by atoms with Crippen molar-refractivity contribution in [3.05, 3.63) is 278 Å². The standard InChI is InChI=1S/5C22H30.5CH4/c5*1-11-13(3)17(7)21(18(8)14(11)4)22-19(9)15(5)12(2)16(6)20(22)10;;;;;/h5*1-10H3;5*1H4. The van der Waals surface area contributed by atoms with Crippen molar-refractivity contribution in [1.82, 2.24) is 0 Å².